The Hall–Kier alpha value is -1.26. The molecular formula is C12H4F8P2. The standard InChI is InChI=1S/C12H4F8P2/c13-3-1-5(9(17)11(19)7(3)15)21-22-6-2-4(14)8(16)12(20)10(6)18/h1-2,21-22H. The Morgan fingerprint density at radius 3 is 1.09 bits per heavy atom. The molecule has 2 rings (SSSR count). The molecule has 0 aliphatic carbocycles. The summed E-state index contributed by atoms with van der Waals surface area (Å²) in [7, 11) is -1.67. The molecule has 10 heteroatoms. The quantitative estimate of drug-likeness (QED) is 0.335. The Bertz CT molecular complexity index is 683. The van der Waals surface area contributed by atoms with Gasteiger partial charge in [0.15, 0.2) is 46.5 Å². The molecule has 2 aromatic rings. The van der Waals surface area contributed by atoms with Crippen LogP contribution in [0.4, 0.5) is 35.1 Å². The average Bonchev–Trinajstić information content (AvgIpc) is 2.49. The second kappa shape index (κ2) is 6.47. The zero-order valence-electron chi connectivity index (χ0n) is 10.2. The van der Waals surface area contributed by atoms with Crippen molar-refractivity contribution in [2.45, 2.75) is 0 Å². The van der Waals surface area contributed by atoms with Crippen molar-refractivity contribution in [2.24, 2.45) is 0 Å². The maximum Gasteiger partial charge on any atom is 0.198 e. The fourth-order valence-corrected chi connectivity index (χ4v) is 4.47. The zero-order chi connectivity index (χ0) is 16.6. The van der Waals surface area contributed by atoms with Crippen LogP contribution in [0.3, 0.4) is 0 Å². The number of halogens is 8. The molecule has 0 nitrogen and oxygen atoms in total. The van der Waals surface area contributed by atoms with Crippen molar-refractivity contribution >= 4 is 27.1 Å². The average molecular weight is 362 g/mol. The van der Waals surface area contributed by atoms with E-state index < -0.39 is 73.7 Å². The Morgan fingerprint density at radius 2 is 0.773 bits per heavy atom. The topological polar surface area (TPSA) is 0 Å². The van der Waals surface area contributed by atoms with Gasteiger partial charge in [0.2, 0.25) is 0 Å². The van der Waals surface area contributed by atoms with Crippen LogP contribution in [-0.4, -0.2) is 0 Å². The molecular weight excluding hydrogens is 358 g/mol. The third kappa shape index (κ3) is 3.08. The molecule has 0 heterocycles. The number of hydrogen-bond acceptors (Lipinski definition) is 0. The van der Waals surface area contributed by atoms with Gasteiger partial charge >= 0.3 is 0 Å². The van der Waals surface area contributed by atoms with Gasteiger partial charge in [-0.1, -0.05) is 16.5 Å². The summed E-state index contributed by atoms with van der Waals surface area (Å²) >= 11 is 0. The molecule has 2 unspecified atom stereocenters. The van der Waals surface area contributed by atoms with Gasteiger partial charge in [-0.05, 0) is 12.1 Å². The molecule has 0 N–H and O–H groups in total. The van der Waals surface area contributed by atoms with Crippen molar-refractivity contribution in [3.05, 3.63) is 58.7 Å². The van der Waals surface area contributed by atoms with E-state index in [-0.39, 0.29) is 0 Å². The number of benzene rings is 2. The Balaban J connectivity index is 2.32. The summed E-state index contributed by atoms with van der Waals surface area (Å²) in [4.78, 5) is 0. The lowest BCUT2D eigenvalue weighted by Crippen LogP contribution is -2.12. The predicted octanol–water partition coefficient (Wildman–Crippen LogP) is 4.02. The highest BCUT2D eigenvalue weighted by atomic mass is 32.0. The summed E-state index contributed by atoms with van der Waals surface area (Å²) in [6, 6.07) is 0.737. The van der Waals surface area contributed by atoms with Crippen LogP contribution in [0, 0.1) is 46.5 Å². The molecule has 2 aromatic carbocycles. The summed E-state index contributed by atoms with van der Waals surface area (Å²) in [5.74, 6) is -14.7. The van der Waals surface area contributed by atoms with Gasteiger partial charge in [0.1, 0.15) is 0 Å². The van der Waals surface area contributed by atoms with E-state index in [1.54, 1.807) is 0 Å². The summed E-state index contributed by atoms with van der Waals surface area (Å²) < 4.78 is 104. The van der Waals surface area contributed by atoms with Gasteiger partial charge in [-0.25, -0.2) is 35.1 Å². The maximum atomic E-state index is 13.4. The van der Waals surface area contributed by atoms with E-state index in [1.807, 2.05) is 0 Å². The number of hydrogen-bond donors (Lipinski definition) is 0. The van der Waals surface area contributed by atoms with Gasteiger partial charge in [-0.2, -0.15) is 0 Å². The molecule has 0 saturated heterocycles. The van der Waals surface area contributed by atoms with Crippen molar-refractivity contribution in [1.82, 2.24) is 0 Å². The highest BCUT2D eigenvalue weighted by molar-refractivity contribution is 8.18. The van der Waals surface area contributed by atoms with Crippen LogP contribution in [0.15, 0.2) is 12.1 Å². The first kappa shape index (κ1) is 17.1. The van der Waals surface area contributed by atoms with Gasteiger partial charge in [0.05, 0.1) is 0 Å². The van der Waals surface area contributed by atoms with E-state index in [0.717, 1.165) is 0 Å². The predicted molar refractivity (Wildman–Crippen MR) is 68.4 cm³/mol. The van der Waals surface area contributed by atoms with Crippen LogP contribution >= 0.6 is 16.5 Å². The van der Waals surface area contributed by atoms with Gasteiger partial charge < -0.3 is 0 Å². The van der Waals surface area contributed by atoms with Gasteiger partial charge in [0, 0.05) is 10.6 Å². The lowest BCUT2D eigenvalue weighted by Gasteiger charge is -2.08. The first-order valence-corrected chi connectivity index (χ1v) is 8.42. The van der Waals surface area contributed by atoms with Crippen LogP contribution in [0.5, 0.6) is 0 Å². The lowest BCUT2D eigenvalue weighted by molar-refractivity contribution is 0.412. The van der Waals surface area contributed by atoms with E-state index in [9.17, 15) is 35.1 Å². The van der Waals surface area contributed by atoms with Gasteiger partial charge in [-0.15, -0.1) is 0 Å². The molecule has 0 fully saturated rings. The van der Waals surface area contributed by atoms with Gasteiger partial charge in [-0.3, -0.25) is 0 Å². The largest absolute Gasteiger partial charge is 0.204 e. The number of rotatable bonds is 3. The Labute approximate surface area is 122 Å². The molecule has 22 heavy (non-hydrogen) atoms. The molecule has 0 spiro atoms. The van der Waals surface area contributed by atoms with Crippen LogP contribution in [0.25, 0.3) is 0 Å². The van der Waals surface area contributed by atoms with Crippen LogP contribution in [-0.2, 0) is 0 Å². The van der Waals surface area contributed by atoms with E-state index in [2.05, 4.69) is 0 Å². The van der Waals surface area contributed by atoms with Crippen LogP contribution in [0.2, 0.25) is 0 Å². The first-order valence-electron chi connectivity index (χ1n) is 5.42. The molecule has 0 radical (unpaired) electrons. The molecule has 0 aliphatic rings. The van der Waals surface area contributed by atoms with Gasteiger partial charge in [0.25, 0.3) is 0 Å². The highest BCUT2D eigenvalue weighted by Gasteiger charge is 2.21. The molecule has 0 amide bonds. The van der Waals surface area contributed by atoms with Crippen molar-refractivity contribution in [3.8, 4) is 0 Å². The second-order valence-electron chi connectivity index (χ2n) is 3.95. The minimum absolute atomic E-state index is 0.368. The zero-order valence-corrected chi connectivity index (χ0v) is 12.2. The summed E-state index contributed by atoms with van der Waals surface area (Å²) in [5.41, 5.74) is 0. The fourth-order valence-electron chi connectivity index (χ4n) is 1.46. The van der Waals surface area contributed by atoms with Crippen molar-refractivity contribution < 1.29 is 35.1 Å². The molecule has 118 valence electrons. The maximum absolute atomic E-state index is 13.4. The van der Waals surface area contributed by atoms with Crippen molar-refractivity contribution in [2.75, 3.05) is 0 Å². The summed E-state index contributed by atoms with van der Waals surface area (Å²) in [6.07, 6.45) is 0. The molecule has 0 saturated carbocycles. The lowest BCUT2D eigenvalue weighted by atomic mass is 10.3. The SMILES string of the molecule is Fc1cc(PPc2cc(F)c(F)c(F)c2F)c(F)c(F)c1F. The van der Waals surface area contributed by atoms with E-state index in [4.69, 9.17) is 0 Å². The monoisotopic (exact) mass is 362 g/mol. The third-order valence-electron chi connectivity index (χ3n) is 2.54. The Kier molecular flexibility index (Phi) is 5.03. The summed E-state index contributed by atoms with van der Waals surface area (Å²) in [6.45, 7) is 0. The molecule has 0 bridgehead atoms. The van der Waals surface area contributed by atoms with E-state index in [0.29, 0.717) is 12.1 Å². The first-order chi connectivity index (χ1) is 10.2. The molecule has 2 atom stereocenters. The van der Waals surface area contributed by atoms with Crippen molar-refractivity contribution in [1.29, 1.82) is 0 Å². The van der Waals surface area contributed by atoms with Crippen LogP contribution in [0.1, 0.15) is 0 Å². The fraction of sp³-hybridized carbons (Fsp3) is 0. The summed E-state index contributed by atoms with van der Waals surface area (Å²) in [5, 5.41) is -1.22. The Morgan fingerprint density at radius 1 is 0.455 bits per heavy atom. The minimum atomic E-state index is -2.04. The second-order valence-corrected chi connectivity index (χ2v) is 7.02. The minimum Gasteiger partial charge on any atom is -0.204 e. The van der Waals surface area contributed by atoms with E-state index in [1.165, 1.54) is 0 Å². The molecule has 0 aromatic heterocycles. The highest BCUT2D eigenvalue weighted by Crippen LogP contribution is 2.38. The van der Waals surface area contributed by atoms with Crippen molar-refractivity contribution in [3.63, 3.8) is 0 Å². The van der Waals surface area contributed by atoms with Crippen LogP contribution < -0.4 is 10.6 Å². The third-order valence-corrected chi connectivity index (χ3v) is 5.92. The van der Waals surface area contributed by atoms with E-state index >= 15 is 0 Å². The molecule has 0 aliphatic heterocycles. The smallest absolute Gasteiger partial charge is 0.198 e. The normalized spacial score (nSPS) is 12.2.